The zero-order chi connectivity index (χ0) is 33.4. The molecule has 0 bridgehead atoms. The second kappa shape index (κ2) is 11.2. The smallest absolute Gasteiger partial charge is 0.258 e. The van der Waals surface area contributed by atoms with E-state index in [-0.39, 0.29) is 23.6 Å². The van der Waals surface area contributed by atoms with Gasteiger partial charge in [-0.15, -0.1) is 0 Å². The number of nitrogens with one attached hydrogen (secondary N) is 3. The van der Waals surface area contributed by atoms with Crippen LogP contribution in [-0.2, 0) is 27.2 Å². The Bertz CT molecular complexity index is 1930. The number of H-pyrrole nitrogens is 2. The van der Waals surface area contributed by atoms with E-state index in [1.165, 1.54) is 0 Å². The molecule has 0 spiro atoms. The Morgan fingerprint density at radius 2 is 1.92 bits per heavy atom. The average molecular weight is 656 g/mol. The second-order valence-corrected chi connectivity index (χ2v) is 14.3. The Morgan fingerprint density at radius 1 is 1.10 bits per heavy atom. The quantitative estimate of drug-likeness (QED) is 0.226. The fraction of sp³-hybridized carbons (Fsp3) is 0.472. The van der Waals surface area contributed by atoms with Gasteiger partial charge in [0.1, 0.15) is 11.5 Å². The van der Waals surface area contributed by atoms with Crippen molar-refractivity contribution < 1.29 is 23.2 Å². The van der Waals surface area contributed by atoms with Crippen LogP contribution in [0.5, 0.6) is 0 Å². The number of alkyl halides is 2. The molecule has 4 aromatic rings. The fourth-order valence-corrected chi connectivity index (χ4v) is 8.17. The standard InChI is InChI=1S/C36H39F2N7O3/c1-35-18-28-25(17-29(35)36(35,37)38)33(43-42-28)27-15-21-4-6-23(16-26(21)40-27)44(2)32(47)10-3-20-11-13-45(14-12-20)30-8-5-22(19-39-30)24-7-9-31(46)41-34(24)48/h4-6,8,15-16,19-20,24,29,40H,3,7,9-14,17-18H2,1-2H3,(H,42,43)(H,41,46,48)/t24?,29-,35+/m0/s1. The van der Waals surface area contributed by atoms with E-state index in [0.29, 0.717) is 43.7 Å². The van der Waals surface area contributed by atoms with Crippen LogP contribution in [0, 0.1) is 17.3 Å². The van der Waals surface area contributed by atoms with Gasteiger partial charge in [0.05, 0.1) is 11.6 Å². The van der Waals surface area contributed by atoms with E-state index < -0.39 is 17.3 Å². The van der Waals surface area contributed by atoms with Crippen LogP contribution in [0.25, 0.3) is 22.3 Å². The monoisotopic (exact) mass is 655 g/mol. The SMILES string of the molecule is CN(C(=O)CCC1CCN(c2ccc(C3CCC(=O)NC3=O)cn2)CC1)c1ccc2cc(-c3n[nH]c4c3C[C@@H]3C(F)(F)[C@]3(C)C4)[nH]c2c1. The highest BCUT2D eigenvalue weighted by Crippen LogP contribution is 2.70. The number of carbonyl (C=O) groups excluding carboxylic acids is 3. The van der Waals surface area contributed by atoms with Gasteiger partial charge in [-0.2, -0.15) is 5.10 Å². The van der Waals surface area contributed by atoms with E-state index in [1.54, 1.807) is 25.1 Å². The lowest BCUT2D eigenvalue weighted by Gasteiger charge is -2.33. The molecular formula is C36H39F2N7O3. The van der Waals surface area contributed by atoms with Crippen molar-refractivity contribution in [3.05, 3.63) is 59.4 Å². The Morgan fingerprint density at radius 3 is 2.67 bits per heavy atom. The van der Waals surface area contributed by atoms with Crippen molar-refractivity contribution in [1.82, 2.24) is 25.5 Å². The molecule has 1 unspecified atom stereocenters. The summed E-state index contributed by atoms with van der Waals surface area (Å²) in [6.45, 7) is 3.37. The lowest BCUT2D eigenvalue weighted by Crippen LogP contribution is -2.39. The molecule has 12 heteroatoms. The number of carbonyl (C=O) groups is 3. The molecule has 10 nitrogen and oxygen atoms in total. The molecule has 250 valence electrons. The van der Waals surface area contributed by atoms with Crippen molar-refractivity contribution >= 4 is 40.1 Å². The van der Waals surface area contributed by atoms with Crippen LogP contribution in [0.15, 0.2) is 42.6 Å². The normalized spacial score (nSPS) is 25.0. The van der Waals surface area contributed by atoms with Gasteiger partial charge in [-0.1, -0.05) is 19.1 Å². The number of aromatic nitrogens is 4. The molecule has 8 rings (SSSR count). The summed E-state index contributed by atoms with van der Waals surface area (Å²) in [5.41, 5.74) is 4.67. The van der Waals surface area contributed by atoms with Crippen LogP contribution in [-0.4, -0.2) is 63.9 Å². The summed E-state index contributed by atoms with van der Waals surface area (Å²) >= 11 is 0. The predicted octanol–water partition coefficient (Wildman–Crippen LogP) is 5.50. The van der Waals surface area contributed by atoms with Crippen molar-refractivity contribution in [2.45, 2.75) is 70.1 Å². The molecule has 5 heterocycles. The van der Waals surface area contributed by atoms with Gasteiger partial charge < -0.3 is 14.8 Å². The number of fused-ring (bicyclic) bond motifs is 3. The van der Waals surface area contributed by atoms with Crippen molar-refractivity contribution in [1.29, 1.82) is 0 Å². The zero-order valence-electron chi connectivity index (χ0n) is 27.1. The molecule has 3 fully saturated rings. The first-order valence-electron chi connectivity index (χ1n) is 16.9. The molecule has 2 aliphatic heterocycles. The Kier molecular flexibility index (Phi) is 7.19. The molecule has 2 aliphatic carbocycles. The molecule has 4 aliphatic rings. The Labute approximate surface area is 276 Å². The number of pyridine rings is 1. The molecule has 1 aromatic carbocycles. The number of hydrogen-bond donors (Lipinski definition) is 3. The molecule has 3 aromatic heterocycles. The topological polar surface area (TPSA) is 127 Å². The molecule has 3 atom stereocenters. The van der Waals surface area contributed by atoms with Crippen LogP contribution >= 0.6 is 0 Å². The lowest BCUT2D eigenvalue weighted by molar-refractivity contribution is -0.134. The summed E-state index contributed by atoms with van der Waals surface area (Å²) in [7, 11) is 1.80. The Balaban J connectivity index is 0.851. The largest absolute Gasteiger partial charge is 0.357 e. The summed E-state index contributed by atoms with van der Waals surface area (Å²) in [6, 6.07) is 11.7. The van der Waals surface area contributed by atoms with Crippen molar-refractivity contribution in [3.8, 4) is 11.4 Å². The number of nitrogens with zero attached hydrogens (tertiary/aromatic N) is 4. The van der Waals surface area contributed by atoms with Crippen LogP contribution in [0.1, 0.15) is 68.2 Å². The molecule has 3 amide bonds. The number of piperidine rings is 2. The minimum absolute atomic E-state index is 0.0593. The number of aromatic amines is 2. The van der Waals surface area contributed by atoms with E-state index in [2.05, 4.69) is 30.4 Å². The average Bonchev–Trinajstić information content (AvgIpc) is 3.47. The van der Waals surface area contributed by atoms with Gasteiger partial charge in [0.15, 0.2) is 0 Å². The van der Waals surface area contributed by atoms with Gasteiger partial charge in [0.25, 0.3) is 5.92 Å². The Hall–Kier alpha value is -4.61. The number of benzene rings is 1. The molecule has 2 saturated heterocycles. The number of rotatable bonds is 7. The van der Waals surface area contributed by atoms with E-state index in [1.807, 2.05) is 36.4 Å². The molecule has 3 N–H and O–H groups in total. The maximum atomic E-state index is 14.4. The summed E-state index contributed by atoms with van der Waals surface area (Å²) in [4.78, 5) is 48.9. The second-order valence-electron chi connectivity index (χ2n) is 14.3. The van der Waals surface area contributed by atoms with Gasteiger partial charge in [-0.25, -0.2) is 13.8 Å². The van der Waals surface area contributed by atoms with Crippen LogP contribution in [0.4, 0.5) is 20.3 Å². The van der Waals surface area contributed by atoms with Gasteiger partial charge in [-0.3, -0.25) is 24.8 Å². The van der Waals surface area contributed by atoms with Gasteiger partial charge in [0, 0.05) is 84.8 Å². The summed E-state index contributed by atoms with van der Waals surface area (Å²) < 4.78 is 28.9. The summed E-state index contributed by atoms with van der Waals surface area (Å²) in [6.07, 6.45) is 6.44. The summed E-state index contributed by atoms with van der Waals surface area (Å²) in [5, 5.41) is 10.9. The fourth-order valence-electron chi connectivity index (χ4n) is 8.17. The highest BCUT2D eigenvalue weighted by molar-refractivity contribution is 6.01. The number of halogens is 2. The van der Waals surface area contributed by atoms with Crippen molar-refractivity contribution in [3.63, 3.8) is 0 Å². The van der Waals surface area contributed by atoms with Crippen molar-refractivity contribution in [2.24, 2.45) is 17.3 Å². The van der Waals surface area contributed by atoms with E-state index >= 15 is 0 Å². The first-order valence-corrected chi connectivity index (χ1v) is 16.9. The number of hydrogen-bond acceptors (Lipinski definition) is 6. The minimum atomic E-state index is -2.64. The zero-order valence-corrected chi connectivity index (χ0v) is 27.1. The van der Waals surface area contributed by atoms with Gasteiger partial charge in [0.2, 0.25) is 17.7 Å². The van der Waals surface area contributed by atoms with Crippen LogP contribution in [0.3, 0.4) is 0 Å². The molecule has 48 heavy (non-hydrogen) atoms. The van der Waals surface area contributed by atoms with Gasteiger partial charge >= 0.3 is 0 Å². The minimum Gasteiger partial charge on any atom is -0.357 e. The maximum Gasteiger partial charge on any atom is 0.258 e. The third kappa shape index (κ3) is 5.07. The number of anilines is 2. The number of imide groups is 1. The van der Waals surface area contributed by atoms with Crippen LogP contribution < -0.4 is 15.1 Å². The van der Waals surface area contributed by atoms with E-state index in [4.69, 9.17) is 0 Å². The first-order chi connectivity index (χ1) is 23.0. The highest BCUT2D eigenvalue weighted by Gasteiger charge is 2.78. The summed E-state index contributed by atoms with van der Waals surface area (Å²) in [5.74, 6) is -2.71. The maximum absolute atomic E-state index is 14.4. The predicted molar refractivity (Wildman–Crippen MR) is 177 cm³/mol. The van der Waals surface area contributed by atoms with E-state index in [0.717, 1.165) is 77.3 Å². The van der Waals surface area contributed by atoms with Gasteiger partial charge in [-0.05, 0) is 67.9 Å². The van der Waals surface area contributed by atoms with Crippen molar-refractivity contribution in [2.75, 3.05) is 29.9 Å². The van der Waals surface area contributed by atoms with E-state index in [9.17, 15) is 23.2 Å². The third-order valence-electron chi connectivity index (χ3n) is 11.5. The highest BCUT2D eigenvalue weighted by atomic mass is 19.3. The van der Waals surface area contributed by atoms with Crippen LogP contribution in [0.2, 0.25) is 0 Å². The lowest BCUT2D eigenvalue weighted by atomic mass is 9.87. The third-order valence-corrected chi connectivity index (χ3v) is 11.5. The first kappa shape index (κ1) is 30.7. The molecular weight excluding hydrogens is 616 g/mol. The molecule has 1 saturated carbocycles. The molecule has 0 radical (unpaired) electrons. The number of amides is 3.